The molecule has 2 aromatic carbocycles. The standard InChI is InChI=1S/C23H14Cl2F3N5O5/c24-16-7-14(31-32-18(9-29)21(35)30-22(36)37)8-17(25)20(16)38-15-4-5-19(34)33(11-15)10-12-2-1-3-13(6-12)23(26,27)28/h1-8,11,31H,10H2,(H,30,35)(H,36,37). The molecule has 1 aromatic heterocycles. The molecule has 38 heavy (non-hydrogen) atoms. The zero-order valence-corrected chi connectivity index (χ0v) is 20.2. The van der Waals surface area contributed by atoms with Crippen LogP contribution in [0.25, 0.3) is 0 Å². The number of aromatic nitrogens is 1. The SMILES string of the molecule is N#CC(=NNc1cc(Cl)c(Oc2ccc(=O)n(Cc3cccc(C(F)(F)F)c3)c2)c(Cl)c1)C(=O)NC(=O)O. The summed E-state index contributed by atoms with van der Waals surface area (Å²) < 4.78 is 45.8. The molecule has 10 nitrogen and oxygen atoms in total. The molecule has 15 heteroatoms. The molecule has 3 rings (SSSR count). The topological polar surface area (TPSA) is 146 Å². The number of alkyl halides is 3. The second-order valence-corrected chi connectivity index (χ2v) is 8.16. The van der Waals surface area contributed by atoms with Crippen molar-refractivity contribution in [1.29, 1.82) is 5.26 Å². The van der Waals surface area contributed by atoms with Gasteiger partial charge in [-0.1, -0.05) is 35.3 Å². The quantitative estimate of drug-likeness (QED) is 0.266. The molecule has 0 atom stereocenters. The Labute approximate surface area is 221 Å². The van der Waals surface area contributed by atoms with Crippen molar-refractivity contribution >= 4 is 46.6 Å². The summed E-state index contributed by atoms with van der Waals surface area (Å²) in [6, 6.07) is 11.0. The predicted molar refractivity (Wildman–Crippen MR) is 131 cm³/mol. The number of imide groups is 1. The fourth-order valence-electron chi connectivity index (χ4n) is 2.98. The fourth-order valence-corrected chi connectivity index (χ4v) is 3.54. The molecular formula is C23H14Cl2F3N5O5. The molecule has 0 aliphatic heterocycles. The van der Waals surface area contributed by atoms with Crippen molar-refractivity contribution in [3.8, 4) is 17.6 Å². The van der Waals surface area contributed by atoms with Crippen LogP contribution in [-0.2, 0) is 17.5 Å². The number of amides is 2. The number of hydrazone groups is 1. The summed E-state index contributed by atoms with van der Waals surface area (Å²) >= 11 is 12.5. The van der Waals surface area contributed by atoms with Crippen LogP contribution in [0, 0.1) is 11.3 Å². The second-order valence-electron chi connectivity index (χ2n) is 7.34. The molecule has 0 aliphatic rings. The van der Waals surface area contributed by atoms with Crippen LogP contribution in [0.1, 0.15) is 11.1 Å². The van der Waals surface area contributed by atoms with Gasteiger partial charge >= 0.3 is 12.3 Å². The lowest BCUT2D eigenvalue weighted by atomic mass is 10.1. The molecule has 0 saturated carbocycles. The van der Waals surface area contributed by atoms with Crippen LogP contribution in [0.3, 0.4) is 0 Å². The summed E-state index contributed by atoms with van der Waals surface area (Å²) in [5.41, 5.74) is 0.553. The van der Waals surface area contributed by atoms with Gasteiger partial charge in [-0.15, -0.1) is 0 Å². The predicted octanol–water partition coefficient (Wildman–Crippen LogP) is 5.10. The molecule has 0 fully saturated rings. The Hall–Kier alpha value is -4.54. The largest absolute Gasteiger partial charge is 0.465 e. The van der Waals surface area contributed by atoms with E-state index in [2.05, 4.69) is 10.5 Å². The Morgan fingerprint density at radius 2 is 1.82 bits per heavy atom. The van der Waals surface area contributed by atoms with Gasteiger partial charge < -0.3 is 14.4 Å². The van der Waals surface area contributed by atoms with Gasteiger partial charge in [-0.05, 0) is 35.9 Å². The number of nitriles is 1. The molecular weight excluding hydrogens is 554 g/mol. The van der Waals surface area contributed by atoms with Crippen molar-refractivity contribution in [1.82, 2.24) is 9.88 Å². The molecule has 3 N–H and O–H groups in total. The van der Waals surface area contributed by atoms with Gasteiger partial charge in [-0.3, -0.25) is 20.3 Å². The van der Waals surface area contributed by atoms with Crippen LogP contribution in [0.5, 0.6) is 11.5 Å². The number of ether oxygens (including phenoxy) is 1. The lowest BCUT2D eigenvalue weighted by Crippen LogP contribution is -2.34. The van der Waals surface area contributed by atoms with Crippen LogP contribution in [0.4, 0.5) is 23.7 Å². The molecule has 0 unspecified atom stereocenters. The summed E-state index contributed by atoms with van der Waals surface area (Å²) in [5, 5.41) is 22.4. The number of pyridine rings is 1. The van der Waals surface area contributed by atoms with Crippen molar-refractivity contribution in [2.75, 3.05) is 5.43 Å². The summed E-state index contributed by atoms with van der Waals surface area (Å²) in [7, 11) is 0. The molecule has 0 spiro atoms. The summed E-state index contributed by atoms with van der Waals surface area (Å²) in [6.45, 7) is -0.168. The van der Waals surface area contributed by atoms with Gasteiger partial charge in [0, 0.05) is 6.07 Å². The average Bonchev–Trinajstić information content (AvgIpc) is 2.83. The van der Waals surface area contributed by atoms with E-state index in [1.54, 1.807) is 0 Å². The Bertz CT molecular complexity index is 1510. The number of benzene rings is 2. The Morgan fingerprint density at radius 1 is 1.13 bits per heavy atom. The number of hydrogen-bond donors (Lipinski definition) is 3. The molecule has 1 heterocycles. The van der Waals surface area contributed by atoms with Gasteiger partial charge in [0.2, 0.25) is 5.71 Å². The van der Waals surface area contributed by atoms with Gasteiger partial charge in [0.25, 0.3) is 11.5 Å². The normalized spacial score (nSPS) is 11.4. The Morgan fingerprint density at radius 3 is 2.42 bits per heavy atom. The Balaban J connectivity index is 1.81. The van der Waals surface area contributed by atoms with Crippen molar-refractivity contribution in [2.24, 2.45) is 5.10 Å². The first-order valence-electron chi connectivity index (χ1n) is 10.2. The zero-order valence-electron chi connectivity index (χ0n) is 18.7. The van der Waals surface area contributed by atoms with Crippen LogP contribution < -0.4 is 21.0 Å². The zero-order chi connectivity index (χ0) is 28.0. The van der Waals surface area contributed by atoms with Gasteiger partial charge in [0.1, 0.15) is 11.8 Å². The number of carbonyl (C=O) groups is 2. The fraction of sp³-hybridized carbons (Fsp3) is 0.0870. The average molecular weight is 568 g/mol. The third kappa shape index (κ3) is 7.25. The molecule has 0 radical (unpaired) electrons. The number of halogens is 5. The first kappa shape index (κ1) is 28.0. The van der Waals surface area contributed by atoms with Gasteiger partial charge in [0.15, 0.2) is 5.75 Å². The minimum Gasteiger partial charge on any atom is -0.465 e. The number of nitrogens with zero attached hydrogens (tertiary/aromatic N) is 3. The van der Waals surface area contributed by atoms with E-state index in [0.29, 0.717) is 0 Å². The number of rotatable bonds is 7. The third-order valence-corrected chi connectivity index (χ3v) is 5.18. The van der Waals surface area contributed by atoms with E-state index in [9.17, 15) is 27.6 Å². The summed E-state index contributed by atoms with van der Waals surface area (Å²) in [4.78, 5) is 34.4. The van der Waals surface area contributed by atoms with E-state index < -0.39 is 35.0 Å². The van der Waals surface area contributed by atoms with E-state index in [-0.39, 0.29) is 39.3 Å². The van der Waals surface area contributed by atoms with E-state index in [4.69, 9.17) is 38.3 Å². The summed E-state index contributed by atoms with van der Waals surface area (Å²) in [6.07, 6.45) is -4.94. The maximum Gasteiger partial charge on any atom is 0.416 e. The lowest BCUT2D eigenvalue weighted by Gasteiger charge is -2.14. The van der Waals surface area contributed by atoms with Crippen LogP contribution in [-0.4, -0.2) is 27.4 Å². The molecule has 0 bridgehead atoms. The monoisotopic (exact) mass is 567 g/mol. The highest BCUT2D eigenvalue weighted by atomic mass is 35.5. The van der Waals surface area contributed by atoms with E-state index in [1.165, 1.54) is 47.9 Å². The minimum absolute atomic E-state index is 0.0451. The number of nitrogens with one attached hydrogen (secondary N) is 2. The first-order chi connectivity index (χ1) is 17.9. The van der Waals surface area contributed by atoms with Crippen molar-refractivity contribution in [2.45, 2.75) is 12.7 Å². The highest BCUT2D eigenvalue weighted by molar-refractivity contribution is 6.46. The number of anilines is 1. The van der Waals surface area contributed by atoms with Crippen LogP contribution >= 0.6 is 23.2 Å². The number of carbonyl (C=O) groups excluding carboxylic acids is 1. The van der Waals surface area contributed by atoms with Gasteiger partial charge in [-0.25, -0.2) is 4.79 Å². The maximum atomic E-state index is 13.0. The van der Waals surface area contributed by atoms with E-state index in [1.807, 2.05) is 0 Å². The smallest absolute Gasteiger partial charge is 0.416 e. The molecule has 196 valence electrons. The second kappa shape index (κ2) is 11.7. The highest BCUT2D eigenvalue weighted by Gasteiger charge is 2.30. The Kier molecular flexibility index (Phi) is 8.61. The van der Waals surface area contributed by atoms with Crippen molar-refractivity contribution in [3.63, 3.8) is 0 Å². The highest BCUT2D eigenvalue weighted by Crippen LogP contribution is 2.38. The first-order valence-corrected chi connectivity index (χ1v) is 10.9. The van der Waals surface area contributed by atoms with E-state index >= 15 is 0 Å². The molecule has 0 saturated heterocycles. The van der Waals surface area contributed by atoms with Crippen molar-refractivity contribution < 1.29 is 32.6 Å². The van der Waals surface area contributed by atoms with Gasteiger partial charge in [0.05, 0.1) is 34.0 Å². The minimum atomic E-state index is -4.53. The van der Waals surface area contributed by atoms with Gasteiger partial charge in [-0.2, -0.15) is 23.5 Å². The number of carboxylic acid groups (broad SMARTS) is 1. The van der Waals surface area contributed by atoms with Crippen LogP contribution in [0.15, 0.2) is 64.6 Å². The van der Waals surface area contributed by atoms with Crippen molar-refractivity contribution in [3.05, 3.63) is 86.3 Å². The third-order valence-electron chi connectivity index (χ3n) is 4.62. The molecule has 3 aromatic rings. The van der Waals surface area contributed by atoms with E-state index in [0.717, 1.165) is 22.8 Å². The molecule has 2 amide bonds. The molecule has 0 aliphatic carbocycles. The lowest BCUT2D eigenvalue weighted by molar-refractivity contribution is -0.137. The van der Waals surface area contributed by atoms with Crippen LogP contribution in [0.2, 0.25) is 10.0 Å². The number of hydrogen-bond acceptors (Lipinski definition) is 7. The summed E-state index contributed by atoms with van der Waals surface area (Å²) in [5.74, 6) is -1.21. The maximum absolute atomic E-state index is 13.0.